The molecule has 1 rings (SSSR count). The fourth-order valence-corrected chi connectivity index (χ4v) is 1.62. The summed E-state index contributed by atoms with van der Waals surface area (Å²) in [5.41, 5.74) is 0. The number of hydrogen-bond donors (Lipinski definition) is 2. The van der Waals surface area contributed by atoms with Gasteiger partial charge in [0.2, 0.25) is 0 Å². The van der Waals surface area contributed by atoms with Crippen molar-refractivity contribution in [2.45, 2.75) is 25.4 Å². The average Bonchev–Trinajstić information content (AvgIpc) is 2.69. The van der Waals surface area contributed by atoms with E-state index in [1.807, 2.05) is 0 Å². The molecule has 92 valence electrons. The summed E-state index contributed by atoms with van der Waals surface area (Å²) in [5, 5.41) is 11.1. The van der Waals surface area contributed by atoms with Crippen molar-refractivity contribution in [2.24, 2.45) is 0 Å². The summed E-state index contributed by atoms with van der Waals surface area (Å²) < 4.78 is 5.40. The van der Waals surface area contributed by atoms with E-state index in [-0.39, 0.29) is 18.7 Å². The highest BCUT2D eigenvalue weighted by Crippen LogP contribution is 2.14. The third-order valence-corrected chi connectivity index (χ3v) is 2.49. The molecule has 0 bridgehead atoms. The number of carbonyl (C=O) groups excluding carboxylic acids is 1. The number of amides is 2. The Balaban J connectivity index is 2.11. The van der Waals surface area contributed by atoms with Gasteiger partial charge in [-0.1, -0.05) is 0 Å². The standard InChI is InChI=1S/C10H18N2O4/c1-12(7-9(13)14)10(15)11-5-4-8-3-2-6-16-8/h8H,2-7H2,1H3,(H,11,15)(H,13,14). The first-order valence-corrected chi connectivity index (χ1v) is 5.42. The monoisotopic (exact) mass is 230 g/mol. The Morgan fingerprint density at radius 1 is 1.56 bits per heavy atom. The van der Waals surface area contributed by atoms with E-state index in [9.17, 15) is 9.59 Å². The Kier molecular flexibility index (Phi) is 5.04. The van der Waals surface area contributed by atoms with E-state index in [0.29, 0.717) is 6.54 Å². The molecule has 1 saturated heterocycles. The minimum atomic E-state index is -1.02. The number of nitrogens with one attached hydrogen (secondary N) is 1. The zero-order valence-corrected chi connectivity index (χ0v) is 9.44. The molecule has 0 saturated carbocycles. The molecule has 2 N–H and O–H groups in total. The molecule has 0 aromatic rings. The molecule has 0 aromatic heterocycles. The molecule has 0 aliphatic carbocycles. The highest BCUT2D eigenvalue weighted by molar-refractivity contribution is 5.79. The molecule has 1 fully saturated rings. The normalized spacial score (nSPS) is 19.4. The van der Waals surface area contributed by atoms with Gasteiger partial charge in [0.15, 0.2) is 0 Å². The predicted molar refractivity (Wildman–Crippen MR) is 57.3 cm³/mol. The zero-order valence-electron chi connectivity index (χ0n) is 9.44. The molecule has 0 radical (unpaired) electrons. The smallest absolute Gasteiger partial charge is 0.323 e. The number of urea groups is 1. The summed E-state index contributed by atoms with van der Waals surface area (Å²) in [7, 11) is 1.45. The van der Waals surface area contributed by atoms with Crippen molar-refractivity contribution < 1.29 is 19.4 Å². The van der Waals surface area contributed by atoms with Crippen molar-refractivity contribution in [1.82, 2.24) is 10.2 Å². The van der Waals surface area contributed by atoms with Gasteiger partial charge in [0.05, 0.1) is 6.10 Å². The van der Waals surface area contributed by atoms with Crippen LogP contribution in [0.25, 0.3) is 0 Å². The van der Waals surface area contributed by atoms with Gasteiger partial charge in [0.25, 0.3) is 0 Å². The lowest BCUT2D eigenvalue weighted by Crippen LogP contribution is -2.40. The second-order valence-electron chi connectivity index (χ2n) is 3.91. The van der Waals surface area contributed by atoms with Crippen molar-refractivity contribution in [3.63, 3.8) is 0 Å². The fraction of sp³-hybridized carbons (Fsp3) is 0.800. The van der Waals surface area contributed by atoms with Gasteiger partial charge in [0, 0.05) is 20.2 Å². The van der Waals surface area contributed by atoms with Crippen molar-refractivity contribution in [3.8, 4) is 0 Å². The van der Waals surface area contributed by atoms with Gasteiger partial charge in [-0.15, -0.1) is 0 Å². The maximum absolute atomic E-state index is 11.4. The van der Waals surface area contributed by atoms with Crippen molar-refractivity contribution in [2.75, 3.05) is 26.7 Å². The van der Waals surface area contributed by atoms with E-state index >= 15 is 0 Å². The number of nitrogens with zero attached hydrogens (tertiary/aromatic N) is 1. The second-order valence-corrected chi connectivity index (χ2v) is 3.91. The molecule has 16 heavy (non-hydrogen) atoms. The summed E-state index contributed by atoms with van der Waals surface area (Å²) in [6, 6.07) is -0.361. The van der Waals surface area contributed by atoms with Gasteiger partial charge in [-0.25, -0.2) is 4.79 Å². The Morgan fingerprint density at radius 3 is 2.88 bits per heavy atom. The molecule has 1 atom stereocenters. The van der Waals surface area contributed by atoms with E-state index in [2.05, 4.69) is 5.32 Å². The number of ether oxygens (including phenoxy) is 1. The largest absolute Gasteiger partial charge is 0.480 e. The number of carboxylic acids is 1. The highest BCUT2D eigenvalue weighted by Gasteiger charge is 2.16. The first-order chi connectivity index (χ1) is 7.59. The second kappa shape index (κ2) is 6.32. The van der Waals surface area contributed by atoms with E-state index in [1.165, 1.54) is 7.05 Å². The Bertz CT molecular complexity index is 251. The van der Waals surface area contributed by atoms with Gasteiger partial charge in [-0.05, 0) is 19.3 Å². The molecule has 1 unspecified atom stereocenters. The fourth-order valence-electron chi connectivity index (χ4n) is 1.62. The number of aliphatic carboxylic acids is 1. The van der Waals surface area contributed by atoms with Crippen LogP contribution in [-0.2, 0) is 9.53 Å². The number of carbonyl (C=O) groups is 2. The molecule has 0 aromatic carbocycles. The van der Waals surface area contributed by atoms with E-state index < -0.39 is 5.97 Å². The lowest BCUT2D eigenvalue weighted by Gasteiger charge is -2.16. The van der Waals surface area contributed by atoms with Gasteiger partial charge in [0.1, 0.15) is 6.54 Å². The quantitative estimate of drug-likeness (QED) is 0.711. The number of carboxylic acid groups (broad SMARTS) is 1. The lowest BCUT2D eigenvalue weighted by atomic mass is 10.2. The van der Waals surface area contributed by atoms with Crippen molar-refractivity contribution >= 4 is 12.0 Å². The van der Waals surface area contributed by atoms with Crippen molar-refractivity contribution in [1.29, 1.82) is 0 Å². The third-order valence-electron chi connectivity index (χ3n) is 2.49. The number of hydrogen-bond acceptors (Lipinski definition) is 3. The molecule has 1 aliphatic rings. The number of rotatable bonds is 5. The average molecular weight is 230 g/mol. The summed E-state index contributed by atoms with van der Waals surface area (Å²) in [6.45, 7) is 1.04. The minimum absolute atomic E-state index is 0.241. The maximum Gasteiger partial charge on any atom is 0.323 e. The van der Waals surface area contributed by atoms with Crippen LogP contribution in [0.15, 0.2) is 0 Å². The van der Waals surface area contributed by atoms with Crippen molar-refractivity contribution in [3.05, 3.63) is 0 Å². The molecular weight excluding hydrogens is 212 g/mol. The maximum atomic E-state index is 11.4. The van der Waals surface area contributed by atoms with Crippen LogP contribution in [0.1, 0.15) is 19.3 Å². The Morgan fingerprint density at radius 2 is 2.31 bits per heavy atom. The Hall–Kier alpha value is -1.30. The van der Waals surface area contributed by atoms with Gasteiger partial charge in [-0.3, -0.25) is 4.79 Å². The van der Waals surface area contributed by atoms with Gasteiger partial charge in [-0.2, -0.15) is 0 Å². The number of likely N-dealkylation sites (N-methyl/N-ethyl adjacent to an activating group) is 1. The topological polar surface area (TPSA) is 78.9 Å². The highest BCUT2D eigenvalue weighted by atomic mass is 16.5. The van der Waals surface area contributed by atoms with Crippen LogP contribution in [0.4, 0.5) is 4.79 Å². The molecule has 6 nitrogen and oxygen atoms in total. The van der Waals surface area contributed by atoms with Crippen LogP contribution in [0, 0.1) is 0 Å². The van der Waals surface area contributed by atoms with E-state index in [4.69, 9.17) is 9.84 Å². The van der Waals surface area contributed by atoms with E-state index in [1.54, 1.807) is 0 Å². The molecule has 1 heterocycles. The van der Waals surface area contributed by atoms with Crippen LogP contribution in [-0.4, -0.2) is 54.9 Å². The van der Waals surface area contributed by atoms with Crippen LogP contribution < -0.4 is 5.32 Å². The minimum Gasteiger partial charge on any atom is -0.480 e. The first-order valence-electron chi connectivity index (χ1n) is 5.42. The predicted octanol–water partition coefficient (Wildman–Crippen LogP) is 0.281. The SMILES string of the molecule is CN(CC(=O)O)C(=O)NCCC1CCCO1. The Labute approximate surface area is 94.6 Å². The molecule has 1 aliphatic heterocycles. The summed E-state index contributed by atoms with van der Waals surface area (Å²) in [5.74, 6) is -1.02. The van der Waals surface area contributed by atoms with Crippen LogP contribution in [0.3, 0.4) is 0 Å². The molecule has 6 heteroatoms. The van der Waals surface area contributed by atoms with E-state index in [0.717, 1.165) is 30.8 Å². The van der Waals surface area contributed by atoms with Crippen LogP contribution in [0.2, 0.25) is 0 Å². The molecule has 2 amide bonds. The zero-order chi connectivity index (χ0) is 12.0. The summed E-state index contributed by atoms with van der Waals surface area (Å²) in [4.78, 5) is 22.9. The first kappa shape index (κ1) is 12.8. The molecule has 0 spiro atoms. The molecular formula is C10H18N2O4. The third kappa shape index (κ3) is 4.48. The van der Waals surface area contributed by atoms with Gasteiger partial charge < -0.3 is 20.1 Å². The van der Waals surface area contributed by atoms with Gasteiger partial charge >= 0.3 is 12.0 Å². The van der Waals surface area contributed by atoms with Crippen LogP contribution in [0.5, 0.6) is 0 Å². The van der Waals surface area contributed by atoms with Crippen LogP contribution >= 0.6 is 0 Å². The summed E-state index contributed by atoms with van der Waals surface area (Å²) >= 11 is 0. The summed E-state index contributed by atoms with van der Waals surface area (Å²) in [6.07, 6.45) is 3.15. The lowest BCUT2D eigenvalue weighted by molar-refractivity contribution is -0.137.